The van der Waals surface area contributed by atoms with Crippen molar-refractivity contribution in [3.05, 3.63) is 35.1 Å². The van der Waals surface area contributed by atoms with E-state index in [-0.39, 0.29) is 35.7 Å². The van der Waals surface area contributed by atoms with Crippen molar-refractivity contribution in [2.75, 3.05) is 44.3 Å². The molecule has 0 atom stereocenters. The van der Waals surface area contributed by atoms with Gasteiger partial charge in [0.1, 0.15) is 23.0 Å². The Morgan fingerprint density at radius 3 is 1.51 bits per heavy atom. The van der Waals surface area contributed by atoms with Crippen LogP contribution in [-0.2, 0) is 23.9 Å². The zero-order valence-corrected chi connectivity index (χ0v) is 38.6. The Kier molecular flexibility index (Phi) is 25.8. The van der Waals surface area contributed by atoms with Gasteiger partial charge < -0.3 is 19.5 Å². The van der Waals surface area contributed by atoms with Gasteiger partial charge in [0.25, 0.3) is 0 Å². The third-order valence-electron chi connectivity index (χ3n) is 11.3. The molecular weight excluding hydrogens is 769 g/mol. The summed E-state index contributed by atoms with van der Waals surface area (Å²) < 4.78 is 12.6. The Hall–Kier alpha value is -4.22. The lowest BCUT2D eigenvalue weighted by Gasteiger charge is -2.25. The number of aliphatic hydroxyl groups excluding tert-OH is 1. The molecule has 61 heavy (non-hydrogen) atoms. The van der Waals surface area contributed by atoms with Crippen LogP contribution in [0.5, 0.6) is 0 Å². The highest BCUT2D eigenvalue weighted by molar-refractivity contribution is 6.44. The van der Waals surface area contributed by atoms with Gasteiger partial charge in [0.05, 0.1) is 42.4 Å². The quantitative estimate of drug-likeness (QED) is 0.0310. The smallest absolute Gasteiger partial charge is 0.348 e. The van der Waals surface area contributed by atoms with Gasteiger partial charge >= 0.3 is 17.8 Å². The predicted octanol–water partition coefficient (Wildman–Crippen LogP) is 10.9. The molecule has 0 aromatic carbocycles. The molecule has 12 heteroatoms. The number of anilines is 1. The van der Waals surface area contributed by atoms with Crippen LogP contribution in [-0.4, -0.2) is 94.5 Å². The van der Waals surface area contributed by atoms with Gasteiger partial charge in [-0.3, -0.25) is 9.78 Å². The van der Waals surface area contributed by atoms with Crippen LogP contribution in [0.4, 0.5) is 5.82 Å². The van der Waals surface area contributed by atoms with Crippen LogP contribution in [0.25, 0.3) is 5.57 Å². The van der Waals surface area contributed by atoms with Gasteiger partial charge in [0.2, 0.25) is 5.78 Å². The van der Waals surface area contributed by atoms with Crippen molar-refractivity contribution in [1.82, 2.24) is 9.97 Å². The maximum Gasteiger partial charge on any atom is 0.348 e. The molecule has 0 radical (unpaired) electrons. The Morgan fingerprint density at radius 2 is 1.08 bits per heavy atom. The van der Waals surface area contributed by atoms with Crippen LogP contribution >= 0.6 is 0 Å². The van der Waals surface area contributed by atoms with Crippen LogP contribution in [0.2, 0.25) is 0 Å². The molecule has 1 aliphatic heterocycles. The number of hydrogen-bond acceptors (Lipinski definition) is 10. The minimum absolute atomic E-state index is 0.0408. The summed E-state index contributed by atoms with van der Waals surface area (Å²) in [6.07, 6.45) is 32.1. The maximum atomic E-state index is 13.6. The van der Waals surface area contributed by atoms with E-state index >= 15 is 0 Å². The van der Waals surface area contributed by atoms with Crippen molar-refractivity contribution in [3.63, 3.8) is 0 Å². The van der Waals surface area contributed by atoms with E-state index in [2.05, 4.69) is 47.6 Å². The number of carbonyl (C=O) groups is 3. The molecule has 0 amide bonds. The first kappa shape index (κ1) is 51.1. The van der Waals surface area contributed by atoms with E-state index < -0.39 is 17.7 Å². The fourth-order valence-corrected chi connectivity index (χ4v) is 7.65. The molecule has 0 spiro atoms. The molecule has 1 N–H and O–H groups in total. The number of ketones is 1. The number of hydrogen-bond donors (Lipinski definition) is 1. The summed E-state index contributed by atoms with van der Waals surface area (Å²) in [7, 11) is 0. The Morgan fingerprint density at radius 1 is 0.623 bits per heavy atom. The summed E-state index contributed by atoms with van der Waals surface area (Å²) in [5, 5.41) is 11.2. The minimum atomic E-state index is -0.476. The van der Waals surface area contributed by atoms with Crippen molar-refractivity contribution >= 4 is 46.9 Å². The highest BCUT2D eigenvalue weighted by Gasteiger charge is 2.40. The minimum Gasteiger partial charge on any atom is -0.506 e. The zero-order chi connectivity index (χ0) is 44.1. The average Bonchev–Trinajstić information content (AvgIpc) is 3.25. The monoisotopic (exact) mass is 848 g/mol. The van der Waals surface area contributed by atoms with Gasteiger partial charge in [-0.15, -0.1) is 0 Å². The lowest BCUT2D eigenvalue weighted by molar-refractivity contribution is -0.508. The number of aliphatic hydroxyl groups is 1. The highest BCUT2D eigenvalue weighted by Crippen LogP contribution is 2.37. The third kappa shape index (κ3) is 18.7. The maximum absolute atomic E-state index is 13.6. The largest absolute Gasteiger partial charge is 0.506 e. The molecule has 0 saturated heterocycles. The molecule has 0 fully saturated rings. The second-order valence-corrected chi connectivity index (χ2v) is 16.7. The fourth-order valence-electron chi connectivity index (χ4n) is 7.65. The SMILES string of the molecule is CCCCCCCCOC(=O)C[N+](CC(=O)OCCCCCCCC)=C1N=C/C(=C2/C(=O)C(c3cnc(N(CCCCCCCC)CCCCCCCC)cn3)=C2O)N=C1C. The number of aliphatic imine (C=N–C) groups is 2. The van der Waals surface area contributed by atoms with E-state index in [1.807, 2.05) is 0 Å². The normalized spacial score (nSPS) is 14.9. The van der Waals surface area contributed by atoms with Crippen molar-refractivity contribution in [2.24, 2.45) is 9.98 Å². The molecular formula is C49H79N6O6+. The zero-order valence-electron chi connectivity index (χ0n) is 38.6. The summed E-state index contributed by atoms with van der Waals surface area (Å²) in [6, 6.07) is 0. The first-order chi connectivity index (χ1) is 29.7. The van der Waals surface area contributed by atoms with Crippen molar-refractivity contribution < 1.29 is 33.5 Å². The van der Waals surface area contributed by atoms with Gasteiger partial charge in [-0.1, -0.05) is 156 Å². The van der Waals surface area contributed by atoms with Crippen molar-refractivity contribution in [3.8, 4) is 0 Å². The average molecular weight is 848 g/mol. The van der Waals surface area contributed by atoms with Gasteiger partial charge in [-0.2, -0.15) is 0 Å². The van der Waals surface area contributed by atoms with E-state index in [0.717, 1.165) is 70.3 Å². The lowest BCUT2D eigenvalue weighted by Crippen LogP contribution is -2.36. The number of rotatable bonds is 34. The Labute approximate surface area is 367 Å². The van der Waals surface area contributed by atoms with Gasteiger partial charge in [0.15, 0.2) is 19.3 Å². The lowest BCUT2D eigenvalue weighted by atomic mass is 9.84. The van der Waals surface area contributed by atoms with E-state index in [1.54, 1.807) is 19.3 Å². The molecule has 3 rings (SSSR count). The molecule has 0 unspecified atom stereocenters. The van der Waals surface area contributed by atoms with Crippen LogP contribution in [0.1, 0.15) is 194 Å². The number of Topliss-reactive ketones (excluding diaryl/α,β-unsaturated/α-hetero) is 1. The molecule has 1 aliphatic carbocycles. The third-order valence-corrected chi connectivity index (χ3v) is 11.3. The standard InChI is InChI=1S/C49H78N6O6/c1-6-10-14-18-22-26-30-54(31-27-23-19-15-11-7-2)42-36-50-40(34-51-42)45-47(58)46(48(45)59)41-35-52-49(39(5)53-41)55(37-43(56)60-32-28-24-20-16-12-8-3)38-44(57)61-33-29-25-21-17-13-9-4/h34-36H,6-33,37-38H2,1-5H3/p+1. The number of carbonyl (C=O) groups excluding carboxylic acids is 3. The number of aromatic nitrogens is 2. The van der Waals surface area contributed by atoms with Crippen LogP contribution in [0.3, 0.4) is 0 Å². The summed E-state index contributed by atoms with van der Waals surface area (Å²) in [5.74, 6) is -0.488. The van der Waals surface area contributed by atoms with E-state index in [1.165, 1.54) is 114 Å². The Bertz CT molecular complexity index is 1600. The van der Waals surface area contributed by atoms with Crippen molar-refractivity contribution in [2.45, 2.75) is 189 Å². The first-order valence-electron chi connectivity index (χ1n) is 24.1. The van der Waals surface area contributed by atoms with Gasteiger partial charge in [0, 0.05) is 13.1 Å². The van der Waals surface area contributed by atoms with Crippen LogP contribution < -0.4 is 4.90 Å². The first-order valence-corrected chi connectivity index (χ1v) is 24.1. The molecule has 2 heterocycles. The van der Waals surface area contributed by atoms with Crippen LogP contribution in [0, 0.1) is 0 Å². The molecule has 340 valence electrons. The second kappa shape index (κ2) is 30.8. The van der Waals surface area contributed by atoms with E-state index in [4.69, 9.17) is 14.5 Å². The predicted molar refractivity (Wildman–Crippen MR) is 248 cm³/mol. The second-order valence-electron chi connectivity index (χ2n) is 16.7. The molecule has 2 aliphatic rings. The number of esters is 2. The Balaban J connectivity index is 1.74. The molecule has 1 aromatic rings. The van der Waals surface area contributed by atoms with E-state index in [0.29, 0.717) is 30.5 Å². The number of unbranched alkanes of at least 4 members (excludes halogenated alkanes) is 20. The number of nitrogens with zero attached hydrogens (tertiary/aromatic N) is 6. The summed E-state index contributed by atoms with van der Waals surface area (Å²) in [4.78, 5) is 60.4. The highest BCUT2D eigenvalue weighted by atomic mass is 16.5. The molecule has 12 nitrogen and oxygen atoms in total. The number of ether oxygens (including phenoxy) is 2. The van der Waals surface area contributed by atoms with E-state index in [9.17, 15) is 19.5 Å². The summed E-state index contributed by atoms with van der Waals surface area (Å²) in [5.41, 5.74) is 1.02. The molecule has 0 bridgehead atoms. The fraction of sp³-hybridized carbons (Fsp3) is 0.714. The van der Waals surface area contributed by atoms with Gasteiger partial charge in [-0.25, -0.2) is 24.1 Å². The van der Waals surface area contributed by atoms with Gasteiger partial charge in [-0.05, 0) is 37.6 Å². The summed E-state index contributed by atoms with van der Waals surface area (Å²) in [6.45, 7) is 12.5. The van der Waals surface area contributed by atoms with Crippen LogP contribution in [0.15, 0.2) is 39.4 Å². The molecule has 0 saturated carbocycles. The number of allylic oxidation sites excluding steroid dienone is 3. The topological polar surface area (TPSA) is 147 Å². The molecule has 1 aromatic heterocycles. The number of amidine groups is 1. The summed E-state index contributed by atoms with van der Waals surface area (Å²) >= 11 is 0. The van der Waals surface area contributed by atoms with Crippen molar-refractivity contribution in [1.29, 1.82) is 0 Å².